The Balaban J connectivity index is 1.43. The molecule has 1 aliphatic rings. The molecule has 42 heavy (non-hydrogen) atoms. The number of aromatic nitrogens is 5. The maximum Gasteiger partial charge on any atom is 0.434 e. The van der Waals surface area contributed by atoms with Crippen molar-refractivity contribution in [2.24, 2.45) is 7.05 Å². The van der Waals surface area contributed by atoms with Gasteiger partial charge in [-0.1, -0.05) is 24.3 Å². The topological polar surface area (TPSA) is 104 Å². The maximum atomic E-state index is 13.1. The molecule has 1 saturated carbocycles. The number of hydrogen-bond donors (Lipinski definition) is 1. The van der Waals surface area contributed by atoms with E-state index in [4.69, 9.17) is 14.5 Å². The van der Waals surface area contributed by atoms with Gasteiger partial charge < -0.3 is 19.4 Å². The largest absolute Gasteiger partial charge is 0.480 e. The average molecular weight is 579 g/mol. The predicted molar refractivity (Wildman–Crippen MR) is 150 cm³/mol. The molecular weight excluding hydrogens is 549 g/mol. The zero-order valence-corrected chi connectivity index (χ0v) is 23.3. The molecule has 12 heteroatoms. The van der Waals surface area contributed by atoms with Crippen molar-refractivity contribution in [1.82, 2.24) is 24.5 Å². The van der Waals surface area contributed by atoms with E-state index in [-0.39, 0.29) is 12.4 Å². The molecule has 3 aromatic heterocycles. The molecule has 1 fully saturated rings. The summed E-state index contributed by atoms with van der Waals surface area (Å²) in [7, 11) is 3.08. The fraction of sp³-hybridized carbons (Fsp3) is 0.300. The lowest BCUT2D eigenvalue weighted by atomic mass is 10.1. The van der Waals surface area contributed by atoms with Crippen LogP contribution in [0.15, 0.2) is 55.0 Å². The molecule has 3 heterocycles. The van der Waals surface area contributed by atoms with Crippen LogP contribution in [-0.4, -0.2) is 44.2 Å². The Kier molecular flexibility index (Phi) is 8.23. The minimum absolute atomic E-state index is 0.216. The number of alkyl halides is 3. The zero-order chi connectivity index (χ0) is 29.9. The summed E-state index contributed by atoms with van der Waals surface area (Å²) < 4.78 is 51.2. The molecule has 0 amide bonds. The van der Waals surface area contributed by atoms with Crippen LogP contribution in [0.5, 0.6) is 5.88 Å². The number of pyridine rings is 1. The first-order valence-electron chi connectivity index (χ1n) is 13.4. The molecule has 1 aromatic carbocycles. The lowest BCUT2D eigenvalue weighted by Gasteiger charge is -2.15. The van der Waals surface area contributed by atoms with Crippen LogP contribution < -0.4 is 10.1 Å². The number of imidazole rings is 1. The van der Waals surface area contributed by atoms with Gasteiger partial charge in [-0.15, -0.1) is 0 Å². The lowest BCUT2D eigenvalue weighted by Crippen LogP contribution is -2.06. The summed E-state index contributed by atoms with van der Waals surface area (Å²) in [6, 6.07) is 10.7. The molecule has 1 N–H and O–H groups in total. The highest BCUT2D eigenvalue weighted by molar-refractivity contribution is 5.88. The van der Waals surface area contributed by atoms with E-state index in [0.29, 0.717) is 41.0 Å². The highest BCUT2D eigenvalue weighted by Gasteiger charge is 2.34. The van der Waals surface area contributed by atoms with Crippen LogP contribution in [0.2, 0.25) is 0 Å². The molecule has 0 atom stereocenters. The van der Waals surface area contributed by atoms with Gasteiger partial charge in [0.05, 0.1) is 30.7 Å². The molecule has 0 bridgehead atoms. The van der Waals surface area contributed by atoms with E-state index in [9.17, 15) is 18.0 Å². The van der Waals surface area contributed by atoms with E-state index in [2.05, 4.69) is 20.3 Å². The van der Waals surface area contributed by atoms with Gasteiger partial charge >= 0.3 is 12.1 Å². The van der Waals surface area contributed by atoms with Crippen molar-refractivity contribution >= 4 is 17.9 Å². The van der Waals surface area contributed by atoms with Gasteiger partial charge in [-0.2, -0.15) is 13.2 Å². The molecule has 0 unspecified atom stereocenters. The molecule has 0 spiro atoms. The Morgan fingerprint density at radius 2 is 1.88 bits per heavy atom. The highest BCUT2D eigenvalue weighted by Crippen LogP contribution is 2.45. The van der Waals surface area contributed by atoms with Gasteiger partial charge in [-0.05, 0) is 43.5 Å². The summed E-state index contributed by atoms with van der Waals surface area (Å²) in [6.45, 7) is 2.34. The lowest BCUT2D eigenvalue weighted by molar-refractivity contribution is -0.141. The van der Waals surface area contributed by atoms with Crippen LogP contribution in [0.4, 0.5) is 19.0 Å². The summed E-state index contributed by atoms with van der Waals surface area (Å²) in [6.07, 6.45) is 2.97. The number of aryl methyl sites for hydroxylation is 1. The van der Waals surface area contributed by atoms with Crippen molar-refractivity contribution in [2.75, 3.05) is 19.0 Å². The van der Waals surface area contributed by atoms with Gasteiger partial charge in [0.15, 0.2) is 5.69 Å². The van der Waals surface area contributed by atoms with Crippen LogP contribution in [-0.2, 0) is 29.3 Å². The van der Waals surface area contributed by atoms with Gasteiger partial charge in [-0.25, -0.2) is 24.7 Å². The Morgan fingerprint density at radius 3 is 2.52 bits per heavy atom. The third-order valence-corrected chi connectivity index (χ3v) is 6.71. The average Bonchev–Trinajstić information content (AvgIpc) is 3.75. The van der Waals surface area contributed by atoms with E-state index in [1.54, 1.807) is 32.2 Å². The Hall–Kier alpha value is -4.74. The van der Waals surface area contributed by atoms with Crippen molar-refractivity contribution in [3.05, 3.63) is 77.5 Å². The van der Waals surface area contributed by atoms with Crippen molar-refractivity contribution in [3.63, 3.8) is 0 Å². The third kappa shape index (κ3) is 6.42. The fourth-order valence-corrected chi connectivity index (χ4v) is 4.51. The Labute approximate surface area is 240 Å². The Bertz CT molecular complexity index is 1610. The molecule has 9 nitrogen and oxygen atoms in total. The van der Waals surface area contributed by atoms with E-state index in [0.717, 1.165) is 35.9 Å². The number of esters is 1. The second-order valence-electron chi connectivity index (χ2n) is 9.75. The van der Waals surface area contributed by atoms with E-state index in [1.165, 1.54) is 24.0 Å². The maximum absolute atomic E-state index is 13.1. The summed E-state index contributed by atoms with van der Waals surface area (Å²) in [5, 5.41) is 3.33. The number of rotatable bonds is 10. The summed E-state index contributed by atoms with van der Waals surface area (Å²) in [4.78, 5) is 29.4. The third-order valence-electron chi connectivity index (χ3n) is 6.71. The van der Waals surface area contributed by atoms with Crippen LogP contribution in [0.1, 0.15) is 48.2 Å². The normalized spacial score (nSPS) is 13.4. The predicted octanol–water partition coefficient (Wildman–Crippen LogP) is 6.03. The van der Waals surface area contributed by atoms with Gasteiger partial charge in [0.1, 0.15) is 18.0 Å². The first-order valence-corrected chi connectivity index (χ1v) is 13.4. The first kappa shape index (κ1) is 28.8. The number of anilines is 1. The van der Waals surface area contributed by atoms with Gasteiger partial charge in [0.25, 0.3) is 0 Å². The monoisotopic (exact) mass is 578 g/mol. The zero-order valence-electron chi connectivity index (χ0n) is 23.3. The molecule has 0 aliphatic heterocycles. The number of carbonyl (C=O) groups excluding carboxylic acids is 1. The van der Waals surface area contributed by atoms with Crippen LogP contribution in [0, 0.1) is 0 Å². The van der Waals surface area contributed by atoms with Crippen LogP contribution in [0.3, 0.4) is 0 Å². The van der Waals surface area contributed by atoms with Gasteiger partial charge in [0.2, 0.25) is 5.88 Å². The number of ether oxygens (including phenoxy) is 2. The number of nitrogens with one attached hydrogen (secondary N) is 1. The molecule has 4 aromatic rings. The number of nitrogens with zero attached hydrogens (tertiary/aromatic N) is 5. The number of hydrogen-bond acceptors (Lipinski definition) is 8. The molecule has 1 aliphatic carbocycles. The van der Waals surface area contributed by atoms with Crippen molar-refractivity contribution in [3.8, 4) is 28.5 Å². The number of methoxy groups -OCH3 is 1. The summed E-state index contributed by atoms with van der Waals surface area (Å²) in [5.74, 6) is 0.999. The molecule has 0 radical (unpaired) electrons. The minimum atomic E-state index is -4.52. The van der Waals surface area contributed by atoms with E-state index in [1.807, 2.05) is 24.3 Å². The van der Waals surface area contributed by atoms with Crippen molar-refractivity contribution in [2.45, 2.75) is 38.4 Å². The van der Waals surface area contributed by atoms with Gasteiger partial charge in [-0.3, -0.25) is 0 Å². The standard InChI is InChI=1S/C30H29F3N6O3/c1-4-42-24(40)14-12-20-11-13-22(25-26(19-9-10-19)35-17-36-29(25)41-3)37-27(20)34-15-18-5-7-21(8-6-18)28-38-23(16-39(28)2)30(31,32)33/h5-8,11-14,16-17,19H,4,9-10,15H2,1-3H3,(H,34,37)/b14-12+. The first-order chi connectivity index (χ1) is 20.2. The molecule has 218 valence electrons. The van der Waals surface area contributed by atoms with Crippen LogP contribution in [0.25, 0.3) is 28.7 Å². The SMILES string of the molecule is CCOC(=O)/C=C/c1ccc(-c2c(OC)ncnc2C2CC2)nc1NCc1ccc(-c2nc(C(F)(F)F)cn2C)cc1. The Morgan fingerprint density at radius 1 is 1.12 bits per heavy atom. The number of benzene rings is 1. The van der Waals surface area contributed by atoms with Crippen LogP contribution >= 0.6 is 0 Å². The van der Waals surface area contributed by atoms with Crippen molar-refractivity contribution in [1.29, 1.82) is 0 Å². The summed E-state index contributed by atoms with van der Waals surface area (Å²) >= 11 is 0. The quantitative estimate of drug-likeness (QED) is 0.180. The smallest absolute Gasteiger partial charge is 0.434 e. The van der Waals surface area contributed by atoms with E-state index >= 15 is 0 Å². The highest BCUT2D eigenvalue weighted by atomic mass is 19.4. The molecule has 5 rings (SSSR count). The fourth-order valence-electron chi connectivity index (χ4n) is 4.51. The second kappa shape index (κ2) is 12.0. The number of carbonyl (C=O) groups is 1. The summed E-state index contributed by atoms with van der Waals surface area (Å²) in [5.41, 5.74) is 3.35. The second-order valence-corrected chi connectivity index (χ2v) is 9.75. The number of halogens is 3. The van der Waals surface area contributed by atoms with Crippen molar-refractivity contribution < 1.29 is 27.4 Å². The van der Waals surface area contributed by atoms with Gasteiger partial charge in [0, 0.05) is 42.9 Å². The molecule has 0 saturated heterocycles. The van der Waals surface area contributed by atoms with E-state index < -0.39 is 17.8 Å². The molecular formula is C30H29F3N6O3. The minimum Gasteiger partial charge on any atom is -0.480 e.